The predicted molar refractivity (Wildman–Crippen MR) is 72.3 cm³/mol. The quantitative estimate of drug-likeness (QED) is 0.225. The molecule has 1 atom stereocenters. The number of hydrogen-bond acceptors (Lipinski definition) is 4. The van der Waals surface area contributed by atoms with Gasteiger partial charge >= 0.3 is 5.97 Å². The van der Waals surface area contributed by atoms with Crippen molar-refractivity contribution in [2.45, 2.75) is 12.8 Å². The lowest BCUT2D eigenvalue weighted by molar-refractivity contribution is -0.861. The maximum Gasteiger partial charge on any atom is 0.330 e. The van der Waals surface area contributed by atoms with Crippen LogP contribution in [0.1, 0.15) is 12.8 Å². The van der Waals surface area contributed by atoms with Crippen molar-refractivity contribution in [3.05, 3.63) is 12.7 Å². The van der Waals surface area contributed by atoms with Crippen LogP contribution in [0.15, 0.2) is 12.7 Å². The van der Waals surface area contributed by atoms with Gasteiger partial charge in [-0.1, -0.05) is 6.58 Å². The van der Waals surface area contributed by atoms with E-state index in [0.29, 0.717) is 36.6 Å². The first-order valence-corrected chi connectivity index (χ1v) is 7.33. The Kier molecular flexibility index (Phi) is 8.00. The fourth-order valence-corrected chi connectivity index (χ4v) is 2.57. The van der Waals surface area contributed by atoms with Gasteiger partial charge < -0.3 is 14.1 Å². The van der Waals surface area contributed by atoms with E-state index in [1.54, 1.807) is 0 Å². The summed E-state index contributed by atoms with van der Waals surface area (Å²) in [7, 11) is 4.18. The van der Waals surface area contributed by atoms with Gasteiger partial charge in [0.2, 0.25) is 5.52 Å². The highest BCUT2D eigenvalue weighted by atomic mass is 31.1. The number of ether oxygens (including phenoxy) is 1. The van der Waals surface area contributed by atoms with Gasteiger partial charge in [-0.05, 0) is 19.0 Å². The molecule has 104 valence electrons. The molecule has 0 fully saturated rings. The summed E-state index contributed by atoms with van der Waals surface area (Å²) in [6.45, 7) is 3.93. The molecule has 18 heavy (non-hydrogen) atoms. The van der Waals surface area contributed by atoms with Crippen molar-refractivity contribution in [1.29, 1.82) is 0 Å². The van der Waals surface area contributed by atoms with Crippen LogP contribution < -0.4 is 0 Å². The molecule has 0 radical (unpaired) electrons. The van der Waals surface area contributed by atoms with Crippen LogP contribution in [0.2, 0.25) is 0 Å². The van der Waals surface area contributed by atoms with Gasteiger partial charge in [-0.3, -0.25) is 4.79 Å². The Labute approximate surface area is 110 Å². The Morgan fingerprint density at radius 3 is 2.44 bits per heavy atom. The van der Waals surface area contributed by atoms with Crippen molar-refractivity contribution in [2.24, 2.45) is 0 Å². The van der Waals surface area contributed by atoms with Crippen LogP contribution in [0.3, 0.4) is 0 Å². The highest BCUT2D eigenvalue weighted by Gasteiger charge is 2.21. The van der Waals surface area contributed by atoms with Crippen molar-refractivity contribution in [3.63, 3.8) is 0 Å². The second-order valence-corrected chi connectivity index (χ2v) is 6.79. The molecule has 1 unspecified atom stereocenters. The Morgan fingerprint density at radius 2 is 1.94 bits per heavy atom. The number of unbranched alkanes of at least 4 members (excludes halogenated alkanes) is 1. The molecular formula is C12H23NO4P+. The van der Waals surface area contributed by atoms with Crippen LogP contribution in [0.5, 0.6) is 0 Å². The molecule has 5 nitrogen and oxygen atoms in total. The van der Waals surface area contributed by atoms with Crippen molar-refractivity contribution in [1.82, 2.24) is 0 Å². The topological polar surface area (TPSA) is 63.6 Å². The van der Waals surface area contributed by atoms with E-state index in [1.165, 1.54) is 0 Å². The second-order valence-electron chi connectivity index (χ2n) is 5.04. The number of rotatable bonds is 9. The average Bonchev–Trinajstić information content (AvgIpc) is 2.25. The van der Waals surface area contributed by atoms with Crippen LogP contribution in [-0.4, -0.2) is 61.3 Å². The first-order valence-electron chi connectivity index (χ1n) is 5.85. The predicted octanol–water partition coefficient (Wildman–Crippen LogP) is 1.12. The normalized spacial score (nSPS) is 12.9. The summed E-state index contributed by atoms with van der Waals surface area (Å²) in [6.07, 6.45) is 2.91. The molecule has 0 amide bonds. The van der Waals surface area contributed by atoms with Gasteiger partial charge in [-0.25, -0.2) is 4.79 Å². The molecule has 0 aromatic rings. The highest BCUT2D eigenvalue weighted by Crippen LogP contribution is 2.32. The molecule has 0 aliphatic rings. The molecule has 6 heteroatoms. The number of nitrogens with zero attached hydrogens (tertiary/aromatic N) is 1. The number of esters is 1. The molecule has 0 spiro atoms. The zero-order chi connectivity index (χ0) is 14.2. The molecule has 0 aromatic carbocycles. The number of quaternary nitrogens is 1. The lowest BCUT2D eigenvalue weighted by atomic mass is 10.4. The molecule has 0 heterocycles. The molecule has 0 aliphatic heterocycles. The zero-order valence-electron chi connectivity index (χ0n) is 11.4. The SMILES string of the molecule is C=CC(=O)OCCCCP(O)C(=O)C[N+](C)(C)C. The van der Waals surface area contributed by atoms with E-state index in [2.05, 4.69) is 6.58 Å². The summed E-state index contributed by atoms with van der Waals surface area (Å²) in [5.41, 5.74) is -0.0828. The van der Waals surface area contributed by atoms with E-state index < -0.39 is 14.1 Å². The van der Waals surface area contributed by atoms with E-state index >= 15 is 0 Å². The molecule has 0 saturated heterocycles. The summed E-state index contributed by atoms with van der Waals surface area (Å²) >= 11 is 0. The van der Waals surface area contributed by atoms with Gasteiger partial charge in [0.25, 0.3) is 0 Å². The maximum absolute atomic E-state index is 11.6. The Hall–Kier alpha value is -0.770. The molecular weight excluding hydrogens is 253 g/mol. The lowest BCUT2D eigenvalue weighted by Crippen LogP contribution is -2.39. The molecule has 0 aromatic heterocycles. The number of hydrogen-bond donors (Lipinski definition) is 1. The van der Waals surface area contributed by atoms with Crippen LogP contribution in [-0.2, 0) is 14.3 Å². The van der Waals surface area contributed by atoms with Gasteiger partial charge in [0.05, 0.1) is 27.7 Å². The zero-order valence-corrected chi connectivity index (χ0v) is 12.3. The Balaban J connectivity index is 3.70. The van der Waals surface area contributed by atoms with Crippen molar-refractivity contribution in [2.75, 3.05) is 40.5 Å². The summed E-state index contributed by atoms with van der Waals surface area (Å²) in [4.78, 5) is 32.1. The Bertz CT molecular complexity index is 299. The van der Waals surface area contributed by atoms with Crippen LogP contribution in [0, 0.1) is 0 Å². The summed E-state index contributed by atoms with van der Waals surface area (Å²) < 4.78 is 5.32. The van der Waals surface area contributed by atoms with Gasteiger partial charge in [0.15, 0.2) is 0 Å². The standard InChI is InChI=1S/C12H23NO4P/c1-5-11(14)17-8-6-7-9-18(16)12(15)10-13(2,3)4/h5,16H,1,6-10H2,2-4H3/q+1. The molecule has 0 rings (SSSR count). The van der Waals surface area contributed by atoms with Crippen molar-refractivity contribution < 1.29 is 23.7 Å². The van der Waals surface area contributed by atoms with E-state index in [0.717, 1.165) is 6.08 Å². The number of carbonyl (C=O) groups excluding carboxylic acids is 2. The lowest BCUT2D eigenvalue weighted by Gasteiger charge is -2.23. The largest absolute Gasteiger partial charge is 0.463 e. The molecule has 1 N–H and O–H groups in total. The van der Waals surface area contributed by atoms with Gasteiger partial charge in [-0.2, -0.15) is 0 Å². The minimum atomic E-state index is -1.56. The van der Waals surface area contributed by atoms with E-state index in [-0.39, 0.29) is 5.52 Å². The first kappa shape index (κ1) is 17.2. The van der Waals surface area contributed by atoms with E-state index in [1.807, 2.05) is 21.1 Å². The summed E-state index contributed by atoms with van der Waals surface area (Å²) in [5, 5.41) is 0. The van der Waals surface area contributed by atoms with Crippen molar-refractivity contribution in [3.8, 4) is 0 Å². The van der Waals surface area contributed by atoms with Crippen molar-refractivity contribution >= 4 is 19.6 Å². The molecule has 0 aliphatic carbocycles. The third kappa shape index (κ3) is 9.28. The highest BCUT2D eigenvalue weighted by molar-refractivity contribution is 7.69. The first-order chi connectivity index (χ1) is 8.26. The number of likely N-dealkylation sites (N-methyl/N-ethyl adjacent to an activating group) is 1. The van der Waals surface area contributed by atoms with Crippen LogP contribution >= 0.6 is 8.15 Å². The average molecular weight is 276 g/mol. The summed E-state index contributed by atoms with van der Waals surface area (Å²) in [6, 6.07) is 0. The Morgan fingerprint density at radius 1 is 1.33 bits per heavy atom. The minimum absolute atomic E-state index is 0.0828. The third-order valence-electron chi connectivity index (χ3n) is 2.07. The van der Waals surface area contributed by atoms with E-state index in [4.69, 9.17) is 4.74 Å². The molecule has 0 saturated carbocycles. The molecule has 0 bridgehead atoms. The summed E-state index contributed by atoms with van der Waals surface area (Å²) in [5.74, 6) is -0.442. The monoisotopic (exact) mass is 276 g/mol. The van der Waals surface area contributed by atoms with E-state index in [9.17, 15) is 14.5 Å². The van der Waals surface area contributed by atoms with Crippen LogP contribution in [0.4, 0.5) is 0 Å². The smallest absolute Gasteiger partial charge is 0.330 e. The van der Waals surface area contributed by atoms with Gasteiger partial charge in [-0.15, -0.1) is 0 Å². The minimum Gasteiger partial charge on any atom is -0.463 e. The van der Waals surface area contributed by atoms with Gasteiger partial charge in [0, 0.05) is 6.08 Å². The second kappa shape index (κ2) is 8.35. The van der Waals surface area contributed by atoms with Crippen LogP contribution in [0.25, 0.3) is 0 Å². The number of carbonyl (C=O) groups is 2. The third-order valence-corrected chi connectivity index (χ3v) is 3.53. The fourth-order valence-electron chi connectivity index (χ4n) is 1.21. The fraction of sp³-hybridized carbons (Fsp3) is 0.667. The van der Waals surface area contributed by atoms with Gasteiger partial charge in [0.1, 0.15) is 14.7 Å². The maximum atomic E-state index is 11.6.